The van der Waals surface area contributed by atoms with Crippen molar-refractivity contribution in [3.63, 3.8) is 0 Å². The molecule has 0 aliphatic carbocycles. The highest BCUT2D eigenvalue weighted by atomic mass is 79.9. The molecule has 1 aliphatic rings. The second kappa shape index (κ2) is 17.5. The molecule has 55 heavy (non-hydrogen) atoms. The molecule has 1 saturated heterocycles. The number of phenolic OH excluding ortho intramolecular Hbond substituents is 1. The van der Waals surface area contributed by atoms with Gasteiger partial charge in [-0.3, -0.25) is 14.9 Å². The quantitative estimate of drug-likeness (QED) is 0.0704. The Labute approximate surface area is 328 Å². The first kappa shape index (κ1) is 39.5. The lowest BCUT2D eigenvalue weighted by Gasteiger charge is -2.36. The number of aromatic nitrogens is 1. The van der Waals surface area contributed by atoms with Crippen LogP contribution in [0, 0.1) is 0 Å². The van der Waals surface area contributed by atoms with Crippen molar-refractivity contribution in [2.45, 2.75) is 44.4 Å². The SMILES string of the molecule is COc1cc(NC(=O)CCc2ccc(-c3ccccc3)c(NC(=O)OC3CC[N+](C)(C)CC3)c2)c(Br)cc1CNC[C@H](O)c1ccc(O)c2[nH]c(=O)ccc12. The van der Waals surface area contributed by atoms with Gasteiger partial charge in [-0.05, 0) is 63.3 Å². The normalized spacial score (nSPS) is 14.6. The zero-order valence-corrected chi connectivity index (χ0v) is 32.7. The molecule has 2 heterocycles. The van der Waals surface area contributed by atoms with E-state index in [2.05, 4.69) is 51.0 Å². The molecule has 6 rings (SSSR count). The summed E-state index contributed by atoms with van der Waals surface area (Å²) in [6.45, 7) is 2.43. The number of hydrogen-bond acceptors (Lipinski definition) is 8. The van der Waals surface area contributed by atoms with Crippen LogP contribution >= 0.6 is 15.9 Å². The van der Waals surface area contributed by atoms with Crippen molar-refractivity contribution in [2.75, 3.05) is 51.5 Å². The standard InChI is InChI=1S/C42H46BrN5O7/c1-48(2)19-17-29(18-20-48)55-42(53)46-34-21-26(9-11-30(34)27-7-5-4-6-8-27)10-15-39(51)45-35-23-38(54-3)28(22-33(35)43)24-44-25-37(50)31-12-14-36(49)41-32(31)13-16-40(52)47-41/h4-9,11-14,16,21-23,29,37,44,50H,10,15,17-20,24-25H2,1-3H3,(H3-,45,46,47,49,51,52,53)/p+1/t37-/m0/s1. The number of halogens is 1. The molecule has 1 atom stereocenters. The molecule has 6 N–H and O–H groups in total. The number of nitrogens with zero attached hydrogens (tertiary/aromatic N) is 1. The number of likely N-dealkylation sites (tertiary alicyclic amines) is 1. The number of anilines is 2. The number of nitrogens with one attached hydrogen (secondary N) is 4. The molecule has 2 amide bonds. The fourth-order valence-electron chi connectivity index (χ4n) is 6.86. The number of benzene rings is 4. The van der Waals surface area contributed by atoms with E-state index in [0.29, 0.717) is 45.5 Å². The van der Waals surface area contributed by atoms with Gasteiger partial charge in [-0.1, -0.05) is 48.5 Å². The number of quaternary nitrogens is 1. The summed E-state index contributed by atoms with van der Waals surface area (Å²) in [5, 5.41) is 30.9. The van der Waals surface area contributed by atoms with Gasteiger partial charge < -0.3 is 39.8 Å². The number of fused-ring (bicyclic) bond motifs is 1. The third kappa shape index (κ3) is 10.1. The van der Waals surface area contributed by atoms with E-state index in [1.54, 1.807) is 25.3 Å². The first-order valence-electron chi connectivity index (χ1n) is 18.3. The molecule has 13 heteroatoms. The zero-order valence-electron chi connectivity index (χ0n) is 31.2. The van der Waals surface area contributed by atoms with Crippen molar-refractivity contribution in [2.24, 2.45) is 0 Å². The van der Waals surface area contributed by atoms with Gasteiger partial charge in [0.15, 0.2) is 0 Å². The van der Waals surface area contributed by atoms with Crippen LogP contribution in [0.3, 0.4) is 0 Å². The van der Waals surface area contributed by atoms with Crippen molar-refractivity contribution < 1.29 is 33.8 Å². The Hall–Kier alpha value is -5.21. The molecular weight excluding hydrogens is 766 g/mol. The molecule has 0 saturated carbocycles. The molecule has 1 aromatic heterocycles. The summed E-state index contributed by atoms with van der Waals surface area (Å²) in [6.07, 6.45) is 0.734. The number of ether oxygens (including phenoxy) is 2. The number of aromatic amines is 1. The minimum atomic E-state index is -0.925. The molecule has 12 nitrogen and oxygen atoms in total. The van der Waals surface area contributed by atoms with Gasteiger partial charge in [0.1, 0.15) is 17.6 Å². The molecule has 0 bridgehead atoms. The first-order chi connectivity index (χ1) is 26.4. The lowest BCUT2D eigenvalue weighted by atomic mass is 9.99. The molecule has 0 spiro atoms. The summed E-state index contributed by atoms with van der Waals surface area (Å²) in [4.78, 5) is 40.7. The molecule has 1 fully saturated rings. The van der Waals surface area contributed by atoms with Crippen molar-refractivity contribution in [3.05, 3.63) is 116 Å². The maximum Gasteiger partial charge on any atom is 0.411 e. The predicted octanol–water partition coefficient (Wildman–Crippen LogP) is 6.85. The average molecular weight is 814 g/mol. The maximum absolute atomic E-state index is 13.2. The number of aryl methyl sites for hydroxylation is 1. The summed E-state index contributed by atoms with van der Waals surface area (Å²) in [6, 6.07) is 25.2. The van der Waals surface area contributed by atoms with E-state index in [1.165, 1.54) is 12.1 Å². The summed E-state index contributed by atoms with van der Waals surface area (Å²) >= 11 is 3.58. The highest BCUT2D eigenvalue weighted by Gasteiger charge is 2.28. The Morgan fingerprint density at radius 1 is 0.964 bits per heavy atom. The topological polar surface area (TPSA) is 162 Å². The van der Waals surface area contributed by atoms with E-state index in [1.807, 2.05) is 54.6 Å². The fraction of sp³-hybridized carbons (Fsp3) is 0.310. The lowest BCUT2D eigenvalue weighted by molar-refractivity contribution is -0.896. The van der Waals surface area contributed by atoms with Gasteiger partial charge >= 0.3 is 6.09 Å². The molecule has 0 radical (unpaired) electrons. The van der Waals surface area contributed by atoms with E-state index in [4.69, 9.17) is 9.47 Å². The van der Waals surface area contributed by atoms with Gasteiger partial charge in [0, 0.05) is 65.5 Å². The van der Waals surface area contributed by atoms with E-state index in [-0.39, 0.29) is 41.8 Å². The van der Waals surface area contributed by atoms with Crippen molar-refractivity contribution in [1.82, 2.24) is 10.3 Å². The Kier molecular flexibility index (Phi) is 12.6. The number of aliphatic hydroxyl groups excluding tert-OH is 1. The van der Waals surface area contributed by atoms with Gasteiger partial charge in [-0.15, -0.1) is 0 Å². The molecule has 5 aromatic rings. The number of hydrogen-bond donors (Lipinski definition) is 6. The number of phenols is 1. The summed E-state index contributed by atoms with van der Waals surface area (Å²) < 4.78 is 13.0. The Morgan fingerprint density at radius 3 is 2.47 bits per heavy atom. The van der Waals surface area contributed by atoms with Gasteiger partial charge in [-0.2, -0.15) is 0 Å². The fourth-order valence-corrected chi connectivity index (χ4v) is 7.35. The Morgan fingerprint density at radius 2 is 1.73 bits per heavy atom. The third-order valence-corrected chi connectivity index (χ3v) is 10.7. The van der Waals surface area contributed by atoms with Crippen LogP contribution in [0.5, 0.6) is 11.5 Å². The minimum absolute atomic E-state index is 0.0743. The van der Waals surface area contributed by atoms with Crippen LogP contribution in [0.4, 0.5) is 16.2 Å². The van der Waals surface area contributed by atoms with Crippen LogP contribution in [0.2, 0.25) is 0 Å². The van der Waals surface area contributed by atoms with Gasteiger partial charge in [0.25, 0.3) is 0 Å². The summed E-state index contributed by atoms with van der Waals surface area (Å²) in [7, 11) is 5.92. The number of rotatable bonds is 13. The lowest BCUT2D eigenvalue weighted by Crippen LogP contribution is -2.48. The zero-order chi connectivity index (χ0) is 39.1. The van der Waals surface area contributed by atoms with Crippen LogP contribution in [0.15, 0.2) is 94.2 Å². The average Bonchev–Trinajstić information content (AvgIpc) is 3.16. The van der Waals surface area contributed by atoms with E-state index in [9.17, 15) is 24.6 Å². The maximum atomic E-state index is 13.2. The van der Waals surface area contributed by atoms with Gasteiger partial charge in [-0.25, -0.2) is 4.79 Å². The number of carbonyl (C=O) groups is 2. The number of carbonyl (C=O) groups excluding carboxylic acids is 2. The van der Waals surface area contributed by atoms with Crippen LogP contribution < -0.4 is 26.2 Å². The van der Waals surface area contributed by atoms with E-state index >= 15 is 0 Å². The minimum Gasteiger partial charge on any atom is -0.506 e. The number of pyridine rings is 1. The van der Waals surface area contributed by atoms with Crippen LogP contribution in [0.25, 0.3) is 22.0 Å². The van der Waals surface area contributed by atoms with E-state index < -0.39 is 12.2 Å². The van der Waals surface area contributed by atoms with E-state index in [0.717, 1.165) is 52.7 Å². The number of methoxy groups -OCH3 is 1. The smallest absolute Gasteiger partial charge is 0.411 e. The molecule has 4 aromatic carbocycles. The number of amides is 2. The number of piperidine rings is 1. The number of H-pyrrole nitrogens is 1. The molecule has 1 aliphatic heterocycles. The highest BCUT2D eigenvalue weighted by Crippen LogP contribution is 2.33. The Balaban J connectivity index is 1.07. The van der Waals surface area contributed by atoms with Crippen LogP contribution in [-0.4, -0.2) is 78.6 Å². The second-order valence-corrected chi connectivity index (χ2v) is 15.3. The number of aromatic hydroxyl groups is 1. The first-order valence-corrected chi connectivity index (χ1v) is 19.1. The van der Waals surface area contributed by atoms with Crippen LogP contribution in [-0.2, 0) is 22.5 Å². The van der Waals surface area contributed by atoms with Crippen molar-refractivity contribution >= 4 is 50.2 Å². The van der Waals surface area contributed by atoms with Crippen molar-refractivity contribution in [1.29, 1.82) is 0 Å². The summed E-state index contributed by atoms with van der Waals surface area (Å²) in [5.74, 6) is 0.275. The molecule has 0 unspecified atom stereocenters. The van der Waals surface area contributed by atoms with Crippen LogP contribution in [0.1, 0.15) is 42.1 Å². The largest absolute Gasteiger partial charge is 0.506 e. The highest BCUT2D eigenvalue weighted by molar-refractivity contribution is 9.10. The number of aliphatic hydroxyl groups is 1. The molecule has 288 valence electrons. The van der Waals surface area contributed by atoms with Gasteiger partial charge in [0.2, 0.25) is 11.5 Å². The second-order valence-electron chi connectivity index (χ2n) is 14.5. The monoisotopic (exact) mass is 812 g/mol. The van der Waals surface area contributed by atoms with Crippen molar-refractivity contribution in [3.8, 4) is 22.6 Å². The molecular formula is C42H47BrN5O7+. The summed E-state index contributed by atoms with van der Waals surface area (Å²) in [5.41, 5.74) is 5.14. The van der Waals surface area contributed by atoms with Gasteiger partial charge in [0.05, 0.1) is 57.3 Å². The third-order valence-electron chi connectivity index (χ3n) is 10.00. The predicted molar refractivity (Wildman–Crippen MR) is 217 cm³/mol. The Bertz CT molecular complexity index is 2220.